The molecule has 0 amide bonds. The van der Waals surface area contributed by atoms with Crippen LogP contribution in [0.4, 0.5) is 0 Å². The van der Waals surface area contributed by atoms with E-state index in [4.69, 9.17) is 9.84 Å². The molecule has 0 spiro atoms. The van der Waals surface area contributed by atoms with Gasteiger partial charge in [0.05, 0.1) is 24.0 Å². The van der Waals surface area contributed by atoms with Crippen LogP contribution in [0.15, 0.2) is 23.8 Å². The lowest BCUT2D eigenvalue weighted by atomic mass is 9.84. The fourth-order valence-corrected chi connectivity index (χ4v) is 4.04. The summed E-state index contributed by atoms with van der Waals surface area (Å²) in [7, 11) is 1.70. The van der Waals surface area contributed by atoms with Crippen molar-refractivity contribution >= 4 is 17.3 Å². The maximum Gasteiger partial charge on any atom is 0.179 e. The minimum Gasteiger partial charge on any atom is -0.394 e. The number of nitriles is 1. The summed E-state index contributed by atoms with van der Waals surface area (Å²) in [5.74, 6) is -0.351. The summed E-state index contributed by atoms with van der Waals surface area (Å²) in [5, 5.41) is 28.2. The number of likely N-dealkylation sites (tertiary alicyclic amines) is 1. The fraction of sp³-hybridized carbons (Fsp3) is 0.522. The molecule has 1 atom stereocenters. The summed E-state index contributed by atoms with van der Waals surface area (Å²) in [5.41, 5.74) is 2.55. The number of carbonyl (C=O) groups is 2. The highest BCUT2D eigenvalue weighted by atomic mass is 16.5. The van der Waals surface area contributed by atoms with E-state index in [0.29, 0.717) is 24.4 Å². The molecule has 1 saturated heterocycles. The third kappa shape index (κ3) is 4.46. The van der Waals surface area contributed by atoms with Gasteiger partial charge in [-0.05, 0) is 37.8 Å². The predicted molar refractivity (Wildman–Crippen MR) is 111 cm³/mol. The third-order valence-electron chi connectivity index (χ3n) is 6.21. The molecule has 2 aliphatic rings. The van der Waals surface area contributed by atoms with Crippen molar-refractivity contribution in [3.63, 3.8) is 0 Å². The van der Waals surface area contributed by atoms with E-state index >= 15 is 0 Å². The zero-order valence-corrected chi connectivity index (χ0v) is 17.5. The number of benzene rings is 1. The maximum absolute atomic E-state index is 12.6. The number of ketones is 2. The first-order valence-corrected chi connectivity index (χ1v) is 10.2. The largest absolute Gasteiger partial charge is 0.394 e. The van der Waals surface area contributed by atoms with Crippen molar-refractivity contribution in [2.75, 3.05) is 26.8 Å². The first kappa shape index (κ1) is 22.2. The Balaban J connectivity index is 1.94. The summed E-state index contributed by atoms with van der Waals surface area (Å²) in [6.07, 6.45) is 1.05. The van der Waals surface area contributed by atoms with Crippen molar-refractivity contribution in [3.8, 4) is 6.07 Å². The molecule has 30 heavy (non-hydrogen) atoms. The zero-order valence-electron chi connectivity index (χ0n) is 17.5. The molecule has 1 aliphatic heterocycles. The average molecular weight is 412 g/mol. The molecule has 1 unspecified atom stereocenters. The number of allylic oxidation sites excluding steroid dienone is 1. The van der Waals surface area contributed by atoms with E-state index in [2.05, 4.69) is 17.9 Å². The Morgan fingerprint density at radius 2 is 2.07 bits per heavy atom. The highest BCUT2D eigenvalue weighted by Crippen LogP contribution is 2.37. The van der Waals surface area contributed by atoms with E-state index in [-0.39, 0.29) is 48.6 Å². The lowest BCUT2D eigenvalue weighted by Gasteiger charge is -2.41. The molecule has 7 heteroatoms. The summed E-state index contributed by atoms with van der Waals surface area (Å²) in [6.45, 7) is 2.98. The SMILES string of the molecule is COC1(C)CCN(C2=C(C#N)C(=O)Cc3ccc(C(=O)CCC(O)CO)cc32)CC1. The number of aliphatic hydroxyl groups is 2. The topological polar surface area (TPSA) is 111 Å². The lowest BCUT2D eigenvalue weighted by Crippen LogP contribution is -2.43. The number of piperidine rings is 1. The maximum atomic E-state index is 12.6. The van der Waals surface area contributed by atoms with Gasteiger partial charge in [-0.2, -0.15) is 5.26 Å². The van der Waals surface area contributed by atoms with Crippen LogP contribution in [-0.2, 0) is 16.0 Å². The number of Topliss-reactive ketones (excluding diaryl/α,β-unsaturated/α-hetero) is 2. The summed E-state index contributed by atoms with van der Waals surface area (Å²) >= 11 is 0. The standard InChI is InChI=1S/C23H28N2O5/c1-23(30-2)7-9-25(10-8-23)22-18-11-16(20(28)6-5-17(27)14-26)4-3-15(18)12-21(29)19(22)13-24/h3-4,11,17,26-27H,5-10,12,14H2,1-2H3. The van der Waals surface area contributed by atoms with Gasteiger partial charge in [0.1, 0.15) is 11.6 Å². The lowest BCUT2D eigenvalue weighted by molar-refractivity contribution is -0.114. The zero-order chi connectivity index (χ0) is 21.9. The van der Waals surface area contributed by atoms with Crippen molar-refractivity contribution < 1.29 is 24.5 Å². The minimum absolute atomic E-state index is 0.111. The highest BCUT2D eigenvalue weighted by molar-refractivity contribution is 6.10. The molecule has 0 saturated carbocycles. The van der Waals surface area contributed by atoms with Crippen molar-refractivity contribution in [1.82, 2.24) is 4.90 Å². The second-order valence-corrected chi connectivity index (χ2v) is 8.25. The van der Waals surface area contributed by atoms with Crippen LogP contribution in [-0.4, -0.2) is 65.2 Å². The van der Waals surface area contributed by atoms with Crippen LogP contribution in [0.3, 0.4) is 0 Å². The molecule has 0 bridgehead atoms. The van der Waals surface area contributed by atoms with E-state index in [0.717, 1.165) is 24.0 Å². The summed E-state index contributed by atoms with van der Waals surface area (Å²) < 4.78 is 5.61. The Labute approximate surface area is 176 Å². The molecular weight excluding hydrogens is 384 g/mol. The number of aliphatic hydroxyl groups excluding tert-OH is 2. The molecule has 160 valence electrons. The predicted octanol–water partition coefficient (Wildman–Crippen LogP) is 1.86. The van der Waals surface area contributed by atoms with Gasteiger partial charge in [0, 0.05) is 44.2 Å². The first-order chi connectivity index (χ1) is 14.3. The molecule has 1 fully saturated rings. The molecule has 1 aromatic carbocycles. The van der Waals surface area contributed by atoms with Crippen LogP contribution >= 0.6 is 0 Å². The third-order valence-corrected chi connectivity index (χ3v) is 6.21. The van der Waals surface area contributed by atoms with Gasteiger partial charge in [-0.1, -0.05) is 12.1 Å². The summed E-state index contributed by atoms with van der Waals surface area (Å²) in [4.78, 5) is 27.3. The van der Waals surface area contributed by atoms with Crippen molar-refractivity contribution in [2.24, 2.45) is 0 Å². The Kier molecular flexibility index (Phi) is 6.71. The Morgan fingerprint density at radius 3 is 2.67 bits per heavy atom. The van der Waals surface area contributed by atoms with Gasteiger partial charge < -0.3 is 19.8 Å². The van der Waals surface area contributed by atoms with Gasteiger partial charge in [0.2, 0.25) is 0 Å². The quantitative estimate of drug-likeness (QED) is 0.658. The van der Waals surface area contributed by atoms with Gasteiger partial charge in [0.25, 0.3) is 0 Å². The molecule has 1 heterocycles. The van der Waals surface area contributed by atoms with Crippen molar-refractivity contribution in [1.29, 1.82) is 5.26 Å². The van der Waals surface area contributed by atoms with Gasteiger partial charge in [0.15, 0.2) is 11.6 Å². The van der Waals surface area contributed by atoms with Gasteiger partial charge in [-0.25, -0.2) is 0 Å². The number of methoxy groups -OCH3 is 1. The number of hydrogen-bond acceptors (Lipinski definition) is 7. The molecule has 0 aromatic heterocycles. The number of ether oxygens (including phenoxy) is 1. The van der Waals surface area contributed by atoms with Gasteiger partial charge in [-0.15, -0.1) is 0 Å². The van der Waals surface area contributed by atoms with Crippen molar-refractivity contribution in [3.05, 3.63) is 40.5 Å². The molecule has 1 aromatic rings. The number of carbonyl (C=O) groups excluding carboxylic acids is 2. The van der Waals surface area contributed by atoms with Crippen LogP contribution < -0.4 is 0 Å². The number of fused-ring (bicyclic) bond motifs is 1. The molecule has 2 N–H and O–H groups in total. The minimum atomic E-state index is -0.923. The van der Waals surface area contributed by atoms with Crippen LogP contribution in [0, 0.1) is 11.3 Å². The molecule has 0 radical (unpaired) electrons. The highest BCUT2D eigenvalue weighted by Gasteiger charge is 2.35. The van der Waals surface area contributed by atoms with Crippen LogP contribution in [0.25, 0.3) is 5.70 Å². The first-order valence-electron chi connectivity index (χ1n) is 10.2. The van der Waals surface area contributed by atoms with E-state index in [9.17, 15) is 20.0 Å². The van der Waals surface area contributed by atoms with Crippen LogP contribution in [0.2, 0.25) is 0 Å². The van der Waals surface area contributed by atoms with Crippen molar-refractivity contribution in [2.45, 2.75) is 50.7 Å². The number of nitrogens with zero attached hydrogens (tertiary/aromatic N) is 2. The van der Waals surface area contributed by atoms with Crippen LogP contribution in [0.1, 0.15) is 54.1 Å². The Bertz CT molecular complexity index is 907. The Morgan fingerprint density at radius 1 is 1.37 bits per heavy atom. The molecule has 7 nitrogen and oxygen atoms in total. The Hall–Kier alpha value is -2.53. The van der Waals surface area contributed by atoms with E-state index < -0.39 is 6.10 Å². The number of rotatable bonds is 7. The molecule has 3 rings (SSSR count). The molecular formula is C23H28N2O5. The second-order valence-electron chi connectivity index (χ2n) is 8.25. The smallest absolute Gasteiger partial charge is 0.179 e. The van der Waals surface area contributed by atoms with E-state index in [1.165, 1.54) is 0 Å². The fourth-order valence-electron chi connectivity index (χ4n) is 4.04. The van der Waals surface area contributed by atoms with Crippen LogP contribution in [0.5, 0.6) is 0 Å². The number of hydrogen-bond donors (Lipinski definition) is 2. The van der Waals surface area contributed by atoms with Gasteiger partial charge in [-0.3, -0.25) is 9.59 Å². The van der Waals surface area contributed by atoms with Gasteiger partial charge >= 0.3 is 0 Å². The molecule has 1 aliphatic carbocycles. The normalized spacial score (nSPS) is 19.3. The summed E-state index contributed by atoms with van der Waals surface area (Å²) in [6, 6.07) is 7.31. The second kappa shape index (κ2) is 9.09. The van der Waals surface area contributed by atoms with E-state index in [1.54, 1.807) is 25.3 Å². The average Bonchev–Trinajstić information content (AvgIpc) is 2.76. The van der Waals surface area contributed by atoms with E-state index in [1.807, 2.05) is 0 Å². The monoisotopic (exact) mass is 412 g/mol.